The first-order valence-corrected chi connectivity index (χ1v) is 8.04. The highest BCUT2D eigenvalue weighted by Gasteiger charge is 2.26. The lowest BCUT2D eigenvalue weighted by molar-refractivity contribution is 0.184. The molecule has 0 aliphatic rings. The highest BCUT2D eigenvalue weighted by Crippen LogP contribution is 2.35. The smallest absolute Gasteiger partial charge is 0.000272 e. The minimum Gasteiger partial charge on any atom is -0.316 e. The summed E-state index contributed by atoms with van der Waals surface area (Å²) in [4.78, 5) is 0. The van der Waals surface area contributed by atoms with Gasteiger partial charge < -0.3 is 5.32 Å². The standard InChI is InChI=1S/C17H37N/c1-7-9-10-11-12-13-18-15-17(5,6)14-16(3,4)8-2/h18H,7-15H2,1-6H3. The van der Waals surface area contributed by atoms with E-state index in [-0.39, 0.29) is 0 Å². The molecule has 1 nitrogen and oxygen atoms in total. The van der Waals surface area contributed by atoms with Crippen molar-refractivity contribution in [3.8, 4) is 0 Å². The van der Waals surface area contributed by atoms with E-state index in [1.54, 1.807) is 0 Å². The van der Waals surface area contributed by atoms with Gasteiger partial charge in [0, 0.05) is 6.54 Å². The second-order valence-corrected chi connectivity index (χ2v) is 7.45. The molecule has 0 spiro atoms. The van der Waals surface area contributed by atoms with Crippen molar-refractivity contribution < 1.29 is 0 Å². The first-order valence-electron chi connectivity index (χ1n) is 8.04. The molecule has 18 heavy (non-hydrogen) atoms. The van der Waals surface area contributed by atoms with Gasteiger partial charge in [-0.1, -0.05) is 73.6 Å². The van der Waals surface area contributed by atoms with E-state index in [9.17, 15) is 0 Å². The zero-order valence-electron chi connectivity index (χ0n) is 13.9. The Morgan fingerprint density at radius 3 is 1.94 bits per heavy atom. The van der Waals surface area contributed by atoms with E-state index >= 15 is 0 Å². The molecule has 0 unspecified atom stereocenters. The van der Waals surface area contributed by atoms with Crippen LogP contribution in [-0.2, 0) is 0 Å². The van der Waals surface area contributed by atoms with E-state index in [2.05, 4.69) is 46.9 Å². The first kappa shape index (κ1) is 18.0. The minimum absolute atomic E-state index is 0.420. The molecule has 0 fully saturated rings. The van der Waals surface area contributed by atoms with E-state index < -0.39 is 0 Å². The summed E-state index contributed by atoms with van der Waals surface area (Å²) >= 11 is 0. The van der Waals surface area contributed by atoms with E-state index in [0.29, 0.717) is 10.8 Å². The van der Waals surface area contributed by atoms with Crippen molar-refractivity contribution in [1.29, 1.82) is 0 Å². The normalized spacial score (nSPS) is 13.0. The molecule has 0 radical (unpaired) electrons. The molecule has 0 aliphatic heterocycles. The topological polar surface area (TPSA) is 12.0 Å². The Morgan fingerprint density at radius 1 is 0.778 bits per heavy atom. The molecule has 0 aromatic carbocycles. The maximum Gasteiger partial charge on any atom is 0.000272 e. The molecule has 110 valence electrons. The van der Waals surface area contributed by atoms with Crippen LogP contribution in [0.4, 0.5) is 0 Å². The van der Waals surface area contributed by atoms with Crippen LogP contribution in [0, 0.1) is 10.8 Å². The van der Waals surface area contributed by atoms with E-state index in [1.807, 2.05) is 0 Å². The van der Waals surface area contributed by atoms with Crippen molar-refractivity contribution in [3.05, 3.63) is 0 Å². The van der Waals surface area contributed by atoms with Crippen LogP contribution in [-0.4, -0.2) is 13.1 Å². The van der Waals surface area contributed by atoms with Gasteiger partial charge in [-0.2, -0.15) is 0 Å². The highest BCUT2D eigenvalue weighted by molar-refractivity contribution is 4.80. The molecule has 0 aromatic heterocycles. The third-order valence-electron chi connectivity index (χ3n) is 3.97. The van der Waals surface area contributed by atoms with Crippen molar-refractivity contribution in [2.45, 2.75) is 86.5 Å². The van der Waals surface area contributed by atoms with Gasteiger partial charge in [0.15, 0.2) is 0 Å². The largest absolute Gasteiger partial charge is 0.316 e. The molecule has 0 rings (SSSR count). The number of rotatable bonds is 11. The van der Waals surface area contributed by atoms with Crippen molar-refractivity contribution in [2.24, 2.45) is 10.8 Å². The summed E-state index contributed by atoms with van der Waals surface area (Å²) in [5.41, 5.74) is 0.898. The second-order valence-electron chi connectivity index (χ2n) is 7.45. The van der Waals surface area contributed by atoms with E-state index in [0.717, 1.165) is 6.54 Å². The van der Waals surface area contributed by atoms with Crippen molar-refractivity contribution in [2.75, 3.05) is 13.1 Å². The minimum atomic E-state index is 0.420. The Bertz CT molecular complexity index is 194. The SMILES string of the molecule is CCCCCCCNCC(C)(C)CC(C)(C)CC. The molecule has 0 saturated heterocycles. The van der Waals surface area contributed by atoms with Crippen LogP contribution >= 0.6 is 0 Å². The predicted molar refractivity (Wildman–Crippen MR) is 84.1 cm³/mol. The quantitative estimate of drug-likeness (QED) is 0.487. The number of hydrogen-bond acceptors (Lipinski definition) is 1. The summed E-state index contributed by atoms with van der Waals surface area (Å²) < 4.78 is 0. The maximum absolute atomic E-state index is 3.65. The van der Waals surface area contributed by atoms with E-state index in [4.69, 9.17) is 0 Å². The molecule has 1 heteroatoms. The average Bonchev–Trinajstić information content (AvgIpc) is 2.26. The molecule has 0 amide bonds. The third-order valence-corrected chi connectivity index (χ3v) is 3.97. The third kappa shape index (κ3) is 9.94. The summed E-state index contributed by atoms with van der Waals surface area (Å²) in [7, 11) is 0. The van der Waals surface area contributed by atoms with Crippen LogP contribution in [0.1, 0.15) is 86.5 Å². The van der Waals surface area contributed by atoms with Gasteiger partial charge in [0.2, 0.25) is 0 Å². The Hall–Kier alpha value is -0.0400. The lowest BCUT2D eigenvalue weighted by atomic mass is 9.73. The van der Waals surface area contributed by atoms with Gasteiger partial charge in [-0.05, 0) is 30.2 Å². The van der Waals surface area contributed by atoms with Crippen molar-refractivity contribution in [3.63, 3.8) is 0 Å². The fourth-order valence-electron chi connectivity index (χ4n) is 2.76. The molecule has 0 aromatic rings. The lowest BCUT2D eigenvalue weighted by Gasteiger charge is -2.34. The van der Waals surface area contributed by atoms with Crippen LogP contribution in [0.5, 0.6) is 0 Å². The zero-order chi connectivity index (χ0) is 14.1. The van der Waals surface area contributed by atoms with Gasteiger partial charge >= 0.3 is 0 Å². The van der Waals surface area contributed by atoms with Crippen molar-refractivity contribution in [1.82, 2.24) is 5.32 Å². The van der Waals surface area contributed by atoms with Gasteiger partial charge in [0.05, 0.1) is 0 Å². The first-order chi connectivity index (χ1) is 8.33. The lowest BCUT2D eigenvalue weighted by Crippen LogP contribution is -2.33. The Labute approximate surface area is 116 Å². The van der Waals surface area contributed by atoms with Crippen LogP contribution in [0.2, 0.25) is 0 Å². The molecule has 0 atom stereocenters. The summed E-state index contributed by atoms with van der Waals surface area (Å²) in [5, 5.41) is 3.65. The van der Waals surface area contributed by atoms with Crippen LogP contribution in [0.25, 0.3) is 0 Å². The number of unbranched alkanes of at least 4 members (excludes halogenated alkanes) is 4. The molecule has 0 heterocycles. The summed E-state index contributed by atoms with van der Waals surface area (Å²) in [6.07, 6.45) is 9.45. The Kier molecular flexibility index (Phi) is 8.94. The molecule has 1 N–H and O–H groups in total. The second kappa shape index (κ2) is 8.96. The molecule has 0 saturated carbocycles. The van der Waals surface area contributed by atoms with Crippen molar-refractivity contribution >= 4 is 0 Å². The highest BCUT2D eigenvalue weighted by atomic mass is 14.9. The molecule has 0 aliphatic carbocycles. The van der Waals surface area contributed by atoms with E-state index in [1.165, 1.54) is 51.5 Å². The van der Waals surface area contributed by atoms with Gasteiger partial charge in [-0.15, -0.1) is 0 Å². The van der Waals surface area contributed by atoms with Crippen LogP contribution < -0.4 is 5.32 Å². The fourth-order valence-corrected chi connectivity index (χ4v) is 2.76. The summed E-state index contributed by atoms with van der Waals surface area (Å²) in [6.45, 7) is 16.5. The van der Waals surface area contributed by atoms with Gasteiger partial charge in [0.25, 0.3) is 0 Å². The van der Waals surface area contributed by atoms with Gasteiger partial charge in [-0.3, -0.25) is 0 Å². The van der Waals surface area contributed by atoms with Crippen LogP contribution in [0.15, 0.2) is 0 Å². The number of hydrogen-bond donors (Lipinski definition) is 1. The zero-order valence-corrected chi connectivity index (χ0v) is 13.9. The van der Waals surface area contributed by atoms with Crippen LogP contribution in [0.3, 0.4) is 0 Å². The predicted octanol–water partition coefficient (Wildman–Crippen LogP) is 5.40. The molecular formula is C17H37N. The fraction of sp³-hybridized carbons (Fsp3) is 1.00. The monoisotopic (exact) mass is 255 g/mol. The number of nitrogens with one attached hydrogen (secondary N) is 1. The Morgan fingerprint density at radius 2 is 1.39 bits per heavy atom. The molecule has 0 bridgehead atoms. The summed E-state index contributed by atoms with van der Waals surface area (Å²) in [5.74, 6) is 0. The summed E-state index contributed by atoms with van der Waals surface area (Å²) in [6, 6.07) is 0. The molecular weight excluding hydrogens is 218 g/mol. The van der Waals surface area contributed by atoms with Gasteiger partial charge in [0.1, 0.15) is 0 Å². The van der Waals surface area contributed by atoms with Gasteiger partial charge in [-0.25, -0.2) is 0 Å². The maximum atomic E-state index is 3.65. The Balaban J connectivity index is 3.64. The average molecular weight is 255 g/mol.